The molecular formula is C12H23N3O3. The summed E-state index contributed by atoms with van der Waals surface area (Å²) in [4.78, 5) is 28.8. The van der Waals surface area contributed by atoms with Crippen LogP contribution in [-0.2, 0) is 4.74 Å². The van der Waals surface area contributed by atoms with Crippen molar-refractivity contribution in [1.29, 1.82) is 0 Å². The molecule has 0 radical (unpaired) electrons. The van der Waals surface area contributed by atoms with Crippen LogP contribution in [0.3, 0.4) is 0 Å². The van der Waals surface area contributed by atoms with E-state index >= 15 is 0 Å². The fraction of sp³-hybridized carbons (Fsp3) is 0.833. The quantitative estimate of drug-likeness (QED) is 0.764. The maximum Gasteiger partial charge on any atom is 0.409 e. The summed E-state index contributed by atoms with van der Waals surface area (Å²) in [6.07, 6.45) is -0.285. The van der Waals surface area contributed by atoms with Gasteiger partial charge >= 0.3 is 12.1 Å². The number of amides is 3. The van der Waals surface area contributed by atoms with Crippen LogP contribution in [0.5, 0.6) is 0 Å². The number of urea groups is 1. The van der Waals surface area contributed by atoms with Crippen molar-refractivity contribution in [2.24, 2.45) is 0 Å². The van der Waals surface area contributed by atoms with Crippen LogP contribution in [0.4, 0.5) is 9.59 Å². The van der Waals surface area contributed by atoms with Gasteiger partial charge in [0.25, 0.3) is 0 Å². The van der Waals surface area contributed by atoms with Gasteiger partial charge < -0.3 is 19.4 Å². The third-order valence-corrected chi connectivity index (χ3v) is 3.11. The third-order valence-electron chi connectivity index (χ3n) is 3.11. The first-order chi connectivity index (χ1) is 8.63. The Labute approximate surface area is 108 Å². The Bertz CT molecular complexity index is 284. The molecule has 6 nitrogen and oxygen atoms in total. The Morgan fingerprint density at radius 2 is 1.50 bits per heavy atom. The SMILES string of the molecule is CCOC(=O)N1CCN(C(=O)N(CC)CC)CC1. The highest BCUT2D eigenvalue weighted by Gasteiger charge is 2.26. The third kappa shape index (κ3) is 3.51. The maximum atomic E-state index is 12.1. The topological polar surface area (TPSA) is 53.1 Å². The van der Waals surface area contributed by atoms with E-state index in [1.165, 1.54) is 0 Å². The smallest absolute Gasteiger partial charge is 0.409 e. The predicted octanol–water partition coefficient (Wildman–Crippen LogP) is 1.22. The molecule has 0 spiro atoms. The molecule has 0 aromatic heterocycles. The zero-order valence-corrected chi connectivity index (χ0v) is 11.5. The lowest BCUT2D eigenvalue weighted by atomic mass is 10.3. The molecule has 18 heavy (non-hydrogen) atoms. The summed E-state index contributed by atoms with van der Waals surface area (Å²) in [6.45, 7) is 9.79. The fourth-order valence-electron chi connectivity index (χ4n) is 1.99. The molecule has 1 rings (SSSR count). The second-order valence-corrected chi connectivity index (χ2v) is 4.13. The van der Waals surface area contributed by atoms with Crippen molar-refractivity contribution in [3.63, 3.8) is 0 Å². The Morgan fingerprint density at radius 1 is 1.00 bits per heavy atom. The first-order valence-corrected chi connectivity index (χ1v) is 6.59. The number of rotatable bonds is 3. The van der Waals surface area contributed by atoms with E-state index in [1.54, 1.807) is 21.6 Å². The van der Waals surface area contributed by atoms with Gasteiger partial charge in [-0.1, -0.05) is 0 Å². The lowest BCUT2D eigenvalue weighted by Gasteiger charge is -2.36. The number of piperazine rings is 1. The normalized spacial score (nSPS) is 15.5. The van der Waals surface area contributed by atoms with Gasteiger partial charge in [0, 0.05) is 39.3 Å². The highest BCUT2D eigenvalue weighted by Crippen LogP contribution is 2.07. The van der Waals surface area contributed by atoms with Crippen molar-refractivity contribution in [2.45, 2.75) is 20.8 Å². The van der Waals surface area contributed by atoms with Crippen LogP contribution in [0.2, 0.25) is 0 Å². The van der Waals surface area contributed by atoms with Crippen LogP contribution in [-0.4, -0.2) is 72.7 Å². The van der Waals surface area contributed by atoms with E-state index in [2.05, 4.69) is 0 Å². The lowest BCUT2D eigenvalue weighted by Crippen LogP contribution is -2.54. The van der Waals surface area contributed by atoms with Crippen LogP contribution in [0, 0.1) is 0 Å². The summed E-state index contributed by atoms with van der Waals surface area (Å²) in [5.41, 5.74) is 0. The molecule has 0 saturated carbocycles. The molecule has 1 aliphatic rings. The van der Waals surface area contributed by atoms with Gasteiger partial charge in [-0.3, -0.25) is 0 Å². The molecule has 0 aliphatic carbocycles. The number of nitrogens with zero attached hydrogens (tertiary/aromatic N) is 3. The highest BCUT2D eigenvalue weighted by molar-refractivity contribution is 5.75. The Kier molecular flexibility index (Phi) is 5.74. The van der Waals surface area contributed by atoms with Gasteiger partial charge in [0.15, 0.2) is 0 Å². The minimum atomic E-state index is -0.285. The molecule has 0 aromatic carbocycles. The van der Waals surface area contributed by atoms with Gasteiger partial charge in [-0.2, -0.15) is 0 Å². The van der Waals surface area contributed by atoms with E-state index in [9.17, 15) is 9.59 Å². The Hall–Kier alpha value is -1.46. The first-order valence-electron chi connectivity index (χ1n) is 6.59. The number of hydrogen-bond acceptors (Lipinski definition) is 3. The zero-order valence-electron chi connectivity index (χ0n) is 11.5. The van der Waals surface area contributed by atoms with Crippen molar-refractivity contribution >= 4 is 12.1 Å². The fourth-order valence-corrected chi connectivity index (χ4v) is 1.99. The summed E-state index contributed by atoms with van der Waals surface area (Å²) < 4.78 is 4.94. The average Bonchev–Trinajstić information content (AvgIpc) is 2.40. The molecule has 1 fully saturated rings. The average molecular weight is 257 g/mol. The van der Waals surface area contributed by atoms with Crippen molar-refractivity contribution in [3.05, 3.63) is 0 Å². The Balaban J connectivity index is 2.43. The molecule has 0 N–H and O–H groups in total. The molecule has 1 saturated heterocycles. The van der Waals surface area contributed by atoms with E-state index < -0.39 is 0 Å². The summed E-state index contributed by atoms with van der Waals surface area (Å²) in [7, 11) is 0. The van der Waals surface area contributed by atoms with Gasteiger partial charge in [0.1, 0.15) is 0 Å². The first kappa shape index (κ1) is 14.6. The van der Waals surface area contributed by atoms with E-state index in [-0.39, 0.29) is 12.1 Å². The molecule has 1 heterocycles. The van der Waals surface area contributed by atoms with E-state index in [0.717, 1.165) is 0 Å². The molecule has 0 atom stereocenters. The summed E-state index contributed by atoms with van der Waals surface area (Å²) in [6, 6.07) is 0.0588. The van der Waals surface area contributed by atoms with Crippen LogP contribution >= 0.6 is 0 Å². The summed E-state index contributed by atoms with van der Waals surface area (Å²) in [5, 5.41) is 0. The number of carbonyl (C=O) groups excluding carboxylic acids is 2. The van der Waals surface area contributed by atoms with Gasteiger partial charge in [0.05, 0.1) is 6.61 Å². The van der Waals surface area contributed by atoms with Gasteiger partial charge in [0.2, 0.25) is 0 Å². The van der Waals surface area contributed by atoms with Crippen LogP contribution in [0.15, 0.2) is 0 Å². The molecule has 6 heteroatoms. The van der Waals surface area contributed by atoms with E-state index in [4.69, 9.17) is 4.74 Å². The van der Waals surface area contributed by atoms with Gasteiger partial charge in [-0.15, -0.1) is 0 Å². The van der Waals surface area contributed by atoms with Crippen LogP contribution in [0.25, 0.3) is 0 Å². The second kappa shape index (κ2) is 7.08. The summed E-state index contributed by atoms with van der Waals surface area (Å²) >= 11 is 0. The molecule has 0 aromatic rings. The molecule has 1 aliphatic heterocycles. The van der Waals surface area contributed by atoms with Crippen LogP contribution in [0.1, 0.15) is 20.8 Å². The molecule has 0 unspecified atom stereocenters. The van der Waals surface area contributed by atoms with Crippen molar-refractivity contribution in [2.75, 3.05) is 45.9 Å². The number of ether oxygens (including phenoxy) is 1. The van der Waals surface area contributed by atoms with Crippen LogP contribution < -0.4 is 0 Å². The standard InChI is InChI=1S/C12H23N3O3/c1-4-13(5-2)11(16)14-7-9-15(10-8-14)12(17)18-6-3/h4-10H2,1-3H3. The van der Waals surface area contributed by atoms with E-state index in [0.29, 0.717) is 45.9 Å². The maximum absolute atomic E-state index is 12.1. The van der Waals surface area contributed by atoms with Crippen molar-refractivity contribution in [1.82, 2.24) is 14.7 Å². The minimum Gasteiger partial charge on any atom is -0.450 e. The zero-order chi connectivity index (χ0) is 13.5. The van der Waals surface area contributed by atoms with Gasteiger partial charge in [-0.25, -0.2) is 9.59 Å². The largest absolute Gasteiger partial charge is 0.450 e. The van der Waals surface area contributed by atoms with Crippen molar-refractivity contribution < 1.29 is 14.3 Å². The molecular weight excluding hydrogens is 234 g/mol. The summed E-state index contributed by atoms with van der Waals surface area (Å²) in [5.74, 6) is 0. The number of carbonyl (C=O) groups is 2. The lowest BCUT2D eigenvalue weighted by molar-refractivity contribution is 0.0792. The second-order valence-electron chi connectivity index (χ2n) is 4.13. The molecule has 104 valence electrons. The predicted molar refractivity (Wildman–Crippen MR) is 68.5 cm³/mol. The Morgan fingerprint density at radius 3 is 1.94 bits per heavy atom. The highest BCUT2D eigenvalue weighted by atomic mass is 16.6. The molecule has 3 amide bonds. The monoisotopic (exact) mass is 257 g/mol. The van der Waals surface area contributed by atoms with Gasteiger partial charge in [-0.05, 0) is 20.8 Å². The molecule has 0 bridgehead atoms. The van der Waals surface area contributed by atoms with Crippen molar-refractivity contribution in [3.8, 4) is 0 Å². The van der Waals surface area contributed by atoms with E-state index in [1.807, 2.05) is 13.8 Å². The minimum absolute atomic E-state index is 0.0588. The number of hydrogen-bond donors (Lipinski definition) is 0.